The van der Waals surface area contributed by atoms with Gasteiger partial charge in [0, 0.05) is 29.7 Å². The Morgan fingerprint density at radius 1 is 1.00 bits per heavy atom. The van der Waals surface area contributed by atoms with Crippen LogP contribution in [-0.4, -0.2) is 75.1 Å². The number of methoxy groups -OCH3 is 1. The van der Waals surface area contributed by atoms with E-state index in [0.29, 0.717) is 29.1 Å². The van der Waals surface area contributed by atoms with Crippen molar-refractivity contribution in [1.29, 1.82) is 0 Å². The molecule has 172 valence electrons. The third-order valence-corrected chi connectivity index (χ3v) is 5.44. The Hall–Kier alpha value is -3.02. The Bertz CT molecular complexity index is 1020. The van der Waals surface area contributed by atoms with Crippen molar-refractivity contribution in [2.45, 2.75) is 37.1 Å². The molecule has 0 spiro atoms. The average Bonchev–Trinajstić information content (AvgIpc) is 2.79. The average molecular weight is 448 g/mol. The van der Waals surface area contributed by atoms with Gasteiger partial charge in [-0.05, 0) is 24.3 Å². The summed E-state index contributed by atoms with van der Waals surface area (Å²) >= 11 is 0. The summed E-state index contributed by atoms with van der Waals surface area (Å²) in [5.41, 5.74) is 1.16. The van der Waals surface area contributed by atoms with Gasteiger partial charge in [0.15, 0.2) is 11.5 Å². The van der Waals surface area contributed by atoms with Gasteiger partial charge in [-0.25, -0.2) is 0 Å². The number of hydrogen-bond donors (Lipinski definition) is 6. The van der Waals surface area contributed by atoms with E-state index >= 15 is 0 Å². The maximum atomic E-state index is 10.4. The Kier molecular flexibility index (Phi) is 6.13. The van der Waals surface area contributed by atoms with Gasteiger partial charge in [0.05, 0.1) is 13.7 Å². The first-order valence-electron chi connectivity index (χ1n) is 9.90. The van der Waals surface area contributed by atoms with E-state index in [-0.39, 0.29) is 23.0 Å². The third kappa shape index (κ3) is 4.06. The smallest absolute Gasteiger partial charge is 0.229 e. The molecule has 2 heterocycles. The van der Waals surface area contributed by atoms with E-state index in [1.54, 1.807) is 18.2 Å². The molecule has 2 aromatic rings. The van der Waals surface area contributed by atoms with Crippen LogP contribution in [-0.2, 0) is 11.2 Å². The van der Waals surface area contributed by atoms with Crippen LogP contribution in [0.3, 0.4) is 0 Å². The first-order valence-corrected chi connectivity index (χ1v) is 9.90. The van der Waals surface area contributed by atoms with E-state index in [9.17, 15) is 30.6 Å². The van der Waals surface area contributed by atoms with E-state index in [1.165, 1.54) is 25.3 Å². The molecule has 1 saturated heterocycles. The minimum absolute atomic E-state index is 0.0130. The third-order valence-electron chi connectivity index (χ3n) is 5.44. The number of ether oxygens (including phenoxy) is 4. The first kappa shape index (κ1) is 22.2. The van der Waals surface area contributed by atoms with E-state index in [0.717, 1.165) is 0 Å². The highest BCUT2D eigenvalue weighted by molar-refractivity contribution is 5.69. The molecule has 2 aliphatic rings. The summed E-state index contributed by atoms with van der Waals surface area (Å²) in [6, 6.07) is 7.54. The number of fused-ring (bicyclic) bond motifs is 1. The lowest BCUT2D eigenvalue weighted by atomic mass is 9.99. The van der Waals surface area contributed by atoms with Crippen LogP contribution in [0.2, 0.25) is 0 Å². The maximum absolute atomic E-state index is 10.4. The van der Waals surface area contributed by atoms with Crippen molar-refractivity contribution in [3.8, 4) is 28.7 Å². The Morgan fingerprint density at radius 2 is 1.78 bits per heavy atom. The van der Waals surface area contributed by atoms with Crippen LogP contribution >= 0.6 is 0 Å². The molecule has 1 fully saturated rings. The van der Waals surface area contributed by atoms with Gasteiger partial charge >= 0.3 is 0 Å². The SMILES string of the molecule is COc1cc(C2=CCc3c(O)cc(O[C@@H]4O[C@H](CO)[C@@H](O)[C@H](O)[C@H]4O)cc3O2)ccc1O. The highest BCUT2D eigenvalue weighted by atomic mass is 16.7. The molecule has 4 rings (SSSR count). The lowest BCUT2D eigenvalue weighted by Crippen LogP contribution is -2.60. The Balaban J connectivity index is 1.57. The van der Waals surface area contributed by atoms with Crippen molar-refractivity contribution in [2.75, 3.05) is 13.7 Å². The minimum Gasteiger partial charge on any atom is -0.507 e. The van der Waals surface area contributed by atoms with E-state index in [1.807, 2.05) is 0 Å². The Morgan fingerprint density at radius 3 is 2.50 bits per heavy atom. The number of benzene rings is 2. The zero-order valence-corrected chi connectivity index (χ0v) is 17.1. The zero-order chi connectivity index (χ0) is 23.0. The predicted octanol–water partition coefficient (Wildman–Crippen LogP) is 0.261. The molecule has 5 atom stereocenters. The molecule has 0 bridgehead atoms. The summed E-state index contributed by atoms with van der Waals surface area (Å²) in [6.07, 6.45) is -5.08. The van der Waals surface area contributed by atoms with Crippen LogP contribution in [0.1, 0.15) is 11.1 Å². The topological polar surface area (TPSA) is 158 Å². The normalized spacial score (nSPS) is 27.2. The fourth-order valence-corrected chi connectivity index (χ4v) is 3.63. The number of hydrogen-bond acceptors (Lipinski definition) is 10. The van der Waals surface area contributed by atoms with Gasteiger partial charge in [0.25, 0.3) is 0 Å². The van der Waals surface area contributed by atoms with Crippen molar-refractivity contribution in [3.63, 3.8) is 0 Å². The van der Waals surface area contributed by atoms with E-state index in [2.05, 4.69) is 0 Å². The van der Waals surface area contributed by atoms with Crippen molar-refractivity contribution in [3.05, 3.63) is 47.5 Å². The van der Waals surface area contributed by atoms with Gasteiger partial charge in [0.2, 0.25) is 6.29 Å². The molecule has 10 nitrogen and oxygen atoms in total. The molecule has 10 heteroatoms. The largest absolute Gasteiger partial charge is 0.507 e. The van der Waals surface area contributed by atoms with Crippen LogP contribution in [0.25, 0.3) is 5.76 Å². The van der Waals surface area contributed by atoms with Gasteiger partial charge in [-0.2, -0.15) is 0 Å². The highest BCUT2D eigenvalue weighted by Gasteiger charge is 2.44. The molecule has 0 aromatic heterocycles. The van der Waals surface area contributed by atoms with E-state index < -0.39 is 37.3 Å². The van der Waals surface area contributed by atoms with Crippen LogP contribution < -0.4 is 14.2 Å². The molecule has 0 aliphatic carbocycles. The van der Waals surface area contributed by atoms with Crippen molar-refractivity contribution in [1.82, 2.24) is 0 Å². The van der Waals surface area contributed by atoms with Crippen LogP contribution in [0.15, 0.2) is 36.4 Å². The van der Waals surface area contributed by atoms with Crippen LogP contribution in [0, 0.1) is 0 Å². The molecular formula is C22H24O10. The molecule has 0 radical (unpaired) electrons. The molecule has 0 saturated carbocycles. The quantitative estimate of drug-likeness (QED) is 0.375. The van der Waals surface area contributed by atoms with Gasteiger partial charge in [-0.3, -0.25) is 0 Å². The molecule has 0 amide bonds. The number of phenols is 2. The van der Waals surface area contributed by atoms with E-state index in [4.69, 9.17) is 18.9 Å². The molecule has 32 heavy (non-hydrogen) atoms. The van der Waals surface area contributed by atoms with Gasteiger partial charge in [-0.15, -0.1) is 0 Å². The summed E-state index contributed by atoms with van der Waals surface area (Å²) < 4.78 is 22.0. The molecule has 2 aliphatic heterocycles. The Labute approximate surface area is 183 Å². The summed E-state index contributed by atoms with van der Waals surface area (Å²) in [4.78, 5) is 0. The zero-order valence-electron chi connectivity index (χ0n) is 17.1. The summed E-state index contributed by atoms with van der Waals surface area (Å²) in [5, 5.41) is 59.5. The first-order chi connectivity index (χ1) is 15.3. The number of phenolic OH excluding ortho intramolecular Hbond substituents is 2. The lowest BCUT2D eigenvalue weighted by Gasteiger charge is -2.39. The fourth-order valence-electron chi connectivity index (χ4n) is 3.63. The second-order valence-corrected chi connectivity index (χ2v) is 7.50. The molecule has 0 unspecified atom stereocenters. The highest BCUT2D eigenvalue weighted by Crippen LogP contribution is 2.41. The maximum Gasteiger partial charge on any atom is 0.229 e. The fraction of sp³-hybridized carbons (Fsp3) is 0.364. The summed E-state index contributed by atoms with van der Waals surface area (Å²) in [5.74, 6) is 1.01. The summed E-state index contributed by atoms with van der Waals surface area (Å²) in [6.45, 7) is -0.590. The van der Waals surface area contributed by atoms with Gasteiger partial charge in [-0.1, -0.05) is 0 Å². The molecule has 2 aromatic carbocycles. The molecule has 6 N–H and O–H groups in total. The van der Waals surface area contributed by atoms with Crippen LogP contribution in [0.5, 0.6) is 28.7 Å². The number of aliphatic hydroxyl groups excluding tert-OH is 4. The number of aromatic hydroxyl groups is 2. The van der Waals surface area contributed by atoms with Gasteiger partial charge < -0.3 is 49.6 Å². The predicted molar refractivity (Wildman–Crippen MR) is 109 cm³/mol. The lowest BCUT2D eigenvalue weighted by molar-refractivity contribution is -0.277. The second kappa shape index (κ2) is 8.85. The number of aliphatic hydroxyl groups is 4. The van der Waals surface area contributed by atoms with Gasteiger partial charge in [0.1, 0.15) is 47.4 Å². The molecular weight excluding hydrogens is 424 g/mol. The monoisotopic (exact) mass is 448 g/mol. The minimum atomic E-state index is -1.59. The standard InChI is InChI=1S/C22H24O10/c1-29-17-6-10(2-4-13(17)24)15-5-3-12-14(25)7-11(8-16(12)31-15)30-22-21(28)20(27)19(26)18(9-23)32-22/h2,4-8,18-28H,3,9H2,1H3/t18-,19-,20+,21-,22-/m1/s1. The summed E-state index contributed by atoms with van der Waals surface area (Å²) in [7, 11) is 1.44. The van der Waals surface area contributed by atoms with Crippen molar-refractivity contribution in [2.24, 2.45) is 0 Å². The van der Waals surface area contributed by atoms with Crippen LogP contribution in [0.4, 0.5) is 0 Å². The number of rotatable bonds is 5. The van der Waals surface area contributed by atoms with Crippen molar-refractivity contribution < 1.29 is 49.6 Å². The number of allylic oxidation sites excluding steroid dienone is 1. The second-order valence-electron chi connectivity index (χ2n) is 7.50. The van der Waals surface area contributed by atoms with Crippen molar-refractivity contribution >= 4 is 5.76 Å².